The Labute approximate surface area is 42.7 Å². The molecule has 0 heterocycles. The van der Waals surface area contributed by atoms with Crippen molar-refractivity contribution in [1.29, 1.82) is 0 Å². The van der Waals surface area contributed by atoms with Crippen LogP contribution < -0.4 is 0 Å². The van der Waals surface area contributed by atoms with Crippen molar-refractivity contribution in [1.82, 2.24) is 0 Å². The molecule has 0 aromatic carbocycles. The topological polar surface area (TPSA) is 0 Å². The lowest BCUT2D eigenvalue weighted by molar-refractivity contribution is 1.94. The Morgan fingerprint density at radius 3 is 1.75 bits per heavy atom. The maximum absolute atomic E-state index is 4.60. The number of hydrogen-bond donors (Lipinski definition) is 0. The van der Waals surface area contributed by atoms with Crippen molar-refractivity contribution < 1.29 is 0 Å². The molecule has 0 unspecified atom stereocenters. The second-order valence-corrected chi connectivity index (χ2v) is 0.289. The van der Waals surface area contributed by atoms with E-state index in [9.17, 15) is 0 Å². The van der Waals surface area contributed by atoms with Gasteiger partial charge in [0, 0.05) is 23.1 Å². The van der Waals surface area contributed by atoms with E-state index in [4.69, 9.17) is 0 Å². The smallest absolute Gasteiger partial charge is 0 e. The first kappa shape index (κ1) is 8.85. The summed E-state index contributed by atoms with van der Waals surface area (Å²) in [7, 11) is 0. The summed E-state index contributed by atoms with van der Waals surface area (Å²) in [4.78, 5) is 0. The van der Waals surface area contributed by atoms with Gasteiger partial charge in [-0.05, 0) is 6.92 Å². The summed E-state index contributed by atoms with van der Waals surface area (Å²) in [5, 5.41) is 0. The van der Waals surface area contributed by atoms with Crippen molar-refractivity contribution in [3.8, 4) is 12.3 Å². The van der Waals surface area contributed by atoms with Gasteiger partial charge in [-0.2, -0.15) is 0 Å². The average molecular weight is 64.4 g/mol. The fourth-order valence-electron chi connectivity index (χ4n) is 0. The summed E-state index contributed by atoms with van der Waals surface area (Å²) in [6, 6.07) is 0. The van der Waals surface area contributed by atoms with E-state index in [1.165, 1.54) is 0 Å². The van der Waals surface area contributed by atoms with Crippen LogP contribution in [0.2, 0.25) is 0 Å². The van der Waals surface area contributed by atoms with Gasteiger partial charge in [-0.1, -0.05) is 0 Å². The lowest BCUT2D eigenvalue weighted by Gasteiger charge is -1.23. The molecule has 0 fully saturated rings. The van der Waals surface area contributed by atoms with E-state index in [0.29, 0.717) is 0 Å². The molecule has 0 bridgehead atoms. The fourth-order valence-corrected chi connectivity index (χ4v) is 0. The molecule has 0 saturated heterocycles. The summed E-state index contributed by atoms with van der Waals surface area (Å²) in [5.41, 5.74) is 0. The van der Waals surface area contributed by atoms with E-state index < -0.39 is 0 Å². The Hall–Kier alpha value is 0.326. The van der Waals surface area contributed by atoms with Crippen molar-refractivity contribution >= 4 is 23.1 Å². The summed E-state index contributed by atoms with van der Waals surface area (Å²) >= 11 is 0. The predicted octanol–water partition coefficient (Wildman–Crippen LogP) is 0.259. The summed E-state index contributed by atoms with van der Waals surface area (Å²) in [6.45, 7) is 1.65. The standard InChI is InChI=1S/C3H4.Mg/c1-3-2;/h1H,2H3;. The van der Waals surface area contributed by atoms with Gasteiger partial charge in [0.2, 0.25) is 0 Å². The zero-order valence-corrected chi connectivity index (χ0v) is 4.20. The zero-order valence-electron chi connectivity index (χ0n) is 2.78. The summed E-state index contributed by atoms with van der Waals surface area (Å²) in [5.74, 6) is 2.25. The monoisotopic (exact) mass is 64.0 g/mol. The first-order valence-electron chi connectivity index (χ1n) is 0.789. The van der Waals surface area contributed by atoms with Gasteiger partial charge < -0.3 is 0 Å². The van der Waals surface area contributed by atoms with Gasteiger partial charge in [0.25, 0.3) is 0 Å². The molecule has 0 rings (SSSR count). The molecule has 0 spiro atoms. The van der Waals surface area contributed by atoms with E-state index in [1.54, 1.807) is 6.92 Å². The molecule has 18 valence electrons. The zero-order chi connectivity index (χ0) is 2.71. The van der Waals surface area contributed by atoms with Gasteiger partial charge in [0.15, 0.2) is 0 Å². The van der Waals surface area contributed by atoms with E-state index in [1.807, 2.05) is 0 Å². The molecule has 0 aromatic rings. The quantitative estimate of drug-likeness (QED) is 0.280. The second kappa shape index (κ2) is 10.2. The molecule has 0 amide bonds. The van der Waals surface area contributed by atoms with Crippen LogP contribution in [0.5, 0.6) is 0 Å². The minimum Gasteiger partial charge on any atom is -0.120 e. The minimum atomic E-state index is 0. The maximum Gasteiger partial charge on any atom is 0 e. The van der Waals surface area contributed by atoms with Crippen LogP contribution in [0.1, 0.15) is 6.92 Å². The highest BCUT2D eigenvalue weighted by Gasteiger charge is 1.09. The van der Waals surface area contributed by atoms with E-state index in [2.05, 4.69) is 12.3 Å². The van der Waals surface area contributed by atoms with Gasteiger partial charge in [0.1, 0.15) is 0 Å². The van der Waals surface area contributed by atoms with Crippen LogP contribution in [-0.2, 0) is 0 Å². The van der Waals surface area contributed by atoms with Crippen molar-refractivity contribution in [2.45, 2.75) is 6.92 Å². The Morgan fingerprint density at radius 1 is 1.75 bits per heavy atom. The molecule has 0 aliphatic rings. The van der Waals surface area contributed by atoms with Gasteiger partial charge in [-0.15, -0.1) is 12.3 Å². The van der Waals surface area contributed by atoms with Crippen LogP contribution >= 0.6 is 0 Å². The van der Waals surface area contributed by atoms with Crippen molar-refractivity contribution in [3.63, 3.8) is 0 Å². The molecular formula is C3H4Mg. The molecule has 1 heteroatoms. The average Bonchev–Trinajstić information content (AvgIpc) is 0.918. The molecular weight excluding hydrogens is 60.3 g/mol. The Kier molecular flexibility index (Phi) is 22.6. The van der Waals surface area contributed by atoms with Crippen LogP contribution in [-0.4, -0.2) is 23.1 Å². The molecule has 0 aromatic heterocycles. The fraction of sp³-hybridized carbons (Fsp3) is 0.333. The highest BCUT2D eigenvalue weighted by molar-refractivity contribution is 5.75. The normalized spacial score (nSPS) is 2.00. The summed E-state index contributed by atoms with van der Waals surface area (Å²) < 4.78 is 0. The molecule has 0 nitrogen and oxygen atoms in total. The maximum atomic E-state index is 4.60. The predicted molar refractivity (Wildman–Crippen MR) is 20.3 cm³/mol. The molecule has 0 saturated carbocycles. The highest BCUT2D eigenvalue weighted by atomic mass is 24.3. The first-order valence-corrected chi connectivity index (χ1v) is 0.789. The molecule has 0 aliphatic carbocycles. The van der Waals surface area contributed by atoms with E-state index >= 15 is 0 Å². The molecule has 2 radical (unpaired) electrons. The Balaban J connectivity index is 0. The number of hydrogen-bond acceptors (Lipinski definition) is 0. The van der Waals surface area contributed by atoms with Crippen LogP contribution in [0.3, 0.4) is 0 Å². The van der Waals surface area contributed by atoms with Crippen LogP contribution in [0.4, 0.5) is 0 Å². The molecule has 0 atom stereocenters. The van der Waals surface area contributed by atoms with Crippen molar-refractivity contribution in [2.75, 3.05) is 0 Å². The first-order chi connectivity index (χ1) is 1.41. The van der Waals surface area contributed by atoms with E-state index in [0.717, 1.165) is 0 Å². The van der Waals surface area contributed by atoms with Crippen molar-refractivity contribution in [2.24, 2.45) is 0 Å². The van der Waals surface area contributed by atoms with Gasteiger partial charge in [-0.25, -0.2) is 0 Å². The van der Waals surface area contributed by atoms with Crippen molar-refractivity contribution in [3.05, 3.63) is 0 Å². The van der Waals surface area contributed by atoms with Gasteiger partial charge >= 0.3 is 0 Å². The number of rotatable bonds is 0. The lowest BCUT2D eigenvalue weighted by atomic mass is 10.9. The largest absolute Gasteiger partial charge is 0.120 e. The van der Waals surface area contributed by atoms with Gasteiger partial charge in [-0.3, -0.25) is 0 Å². The molecule has 0 N–H and O–H groups in total. The third-order valence-electron chi connectivity index (χ3n) is 0. The minimum absolute atomic E-state index is 0. The number of terminal acetylenes is 1. The summed E-state index contributed by atoms with van der Waals surface area (Å²) in [6.07, 6.45) is 4.60. The molecule has 0 aliphatic heterocycles. The van der Waals surface area contributed by atoms with E-state index in [-0.39, 0.29) is 23.1 Å². The Morgan fingerprint density at radius 2 is 1.75 bits per heavy atom. The lowest BCUT2D eigenvalue weighted by Crippen LogP contribution is -1.10. The SMILES string of the molecule is C#CC.[Mg]. The molecule has 4 heavy (non-hydrogen) atoms. The Bertz CT molecular complexity index is 24.8. The highest BCUT2D eigenvalue weighted by Crippen LogP contribution is 1.21. The third-order valence-corrected chi connectivity index (χ3v) is 0. The van der Waals surface area contributed by atoms with Crippen LogP contribution in [0.15, 0.2) is 0 Å². The van der Waals surface area contributed by atoms with Crippen LogP contribution in [0.25, 0.3) is 0 Å². The second-order valence-electron chi connectivity index (χ2n) is 0.289. The third kappa shape index (κ3) is 38.4. The van der Waals surface area contributed by atoms with Crippen LogP contribution in [0, 0.1) is 12.3 Å². The van der Waals surface area contributed by atoms with Gasteiger partial charge in [0.05, 0.1) is 0 Å².